The van der Waals surface area contributed by atoms with Crippen molar-refractivity contribution in [2.24, 2.45) is 0 Å². The Balaban J connectivity index is 1.91. The van der Waals surface area contributed by atoms with Crippen LogP contribution in [0, 0.1) is 13.8 Å². The van der Waals surface area contributed by atoms with E-state index in [2.05, 4.69) is 5.32 Å². The Labute approximate surface area is 168 Å². The first-order valence-electron chi connectivity index (χ1n) is 9.76. The molecule has 0 aliphatic rings. The summed E-state index contributed by atoms with van der Waals surface area (Å²) < 4.78 is 0. The van der Waals surface area contributed by atoms with E-state index in [1.165, 1.54) is 5.56 Å². The number of hydrogen-bond donors (Lipinski definition) is 1. The highest BCUT2D eigenvalue weighted by molar-refractivity contribution is 5.93. The summed E-state index contributed by atoms with van der Waals surface area (Å²) in [6, 6.07) is 15.9. The SMILES string of the molecule is CCCN(CC(=O)Nc1ccccc1C)CC(=O)N(C)Cc1ccc(C)cc1. The van der Waals surface area contributed by atoms with Gasteiger partial charge >= 0.3 is 0 Å². The molecule has 2 aromatic carbocycles. The van der Waals surface area contributed by atoms with Gasteiger partial charge in [0.2, 0.25) is 11.8 Å². The van der Waals surface area contributed by atoms with Crippen molar-refractivity contribution < 1.29 is 9.59 Å². The van der Waals surface area contributed by atoms with E-state index < -0.39 is 0 Å². The second-order valence-electron chi connectivity index (χ2n) is 7.31. The lowest BCUT2D eigenvalue weighted by Gasteiger charge is -2.24. The number of para-hydroxylation sites is 1. The van der Waals surface area contributed by atoms with Gasteiger partial charge in [0.15, 0.2) is 0 Å². The fraction of sp³-hybridized carbons (Fsp3) is 0.391. The van der Waals surface area contributed by atoms with Gasteiger partial charge in [-0.2, -0.15) is 0 Å². The van der Waals surface area contributed by atoms with Gasteiger partial charge in [0.25, 0.3) is 0 Å². The van der Waals surface area contributed by atoms with Gasteiger partial charge < -0.3 is 10.2 Å². The standard InChI is InChI=1S/C23H31N3O2/c1-5-14-26(16-22(27)24-21-9-7-6-8-19(21)3)17-23(28)25(4)15-20-12-10-18(2)11-13-20/h6-13H,5,14-17H2,1-4H3,(H,24,27). The minimum absolute atomic E-state index is 0.0118. The second kappa shape index (κ2) is 10.6. The van der Waals surface area contributed by atoms with Crippen LogP contribution in [0.25, 0.3) is 0 Å². The zero-order chi connectivity index (χ0) is 20.5. The Bertz CT molecular complexity index is 787. The minimum Gasteiger partial charge on any atom is -0.340 e. The summed E-state index contributed by atoms with van der Waals surface area (Å²) in [5.41, 5.74) is 4.13. The summed E-state index contributed by atoms with van der Waals surface area (Å²) in [4.78, 5) is 28.7. The van der Waals surface area contributed by atoms with Crippen molar-refractivity contribution in [3.05, 3.63) is 65.2 Å². The van der Waals surface area contributed by atoms with Crippen molar-refractivity contribution in [3.63, 3.8) is 0 Å². The van der Waals surface area contributed by atoms with Crippen molar-refractivity contribution in [2.75, 3.05) is 32.0 Å². The van der Waals surface area contributed by atoms with E-state index >= 15 is 0 Å². The summed E-state index contributed by atoms with van der Waals surface area (Å²) in [7, 11) is 1.81. The fourth-order valence-corrected chi connectivity index (χ4v) is 3.00. The lowest BCUT2D eigenvalue weighted by atomic mass is 10.1. The topological polar surface area (TPSA) is 52.7 Å². The van der Waals surface area contributed by atoms with Gasteiger partial charge in [0, 0.05) is 19.3 Å². The third kappa shape index (κ3) is 6.82. The molecule has 0 radical (unpaired) electrons. The monoisotopic (exact) mass is 381 g/mol. The first-order chi connectivity index (χ1) is 13.4. The summed E-state index contributed by atoms with van der Waals surface area (Å²) in [6.07, 6.45) is 0.882. The van der Waals surface area contributed by atoms with Crippen molar-refractivity contribution >= 4 is 17.5 Å². The molecule has 5 nitrogen and oxygen atoms in total. The largest absolute Gasteiger partial charge is 0.340 e. The van der Waals surface area contributed by atoms with Crippen LogP contribution in [-0.2, 0) is 16.1 Å². The summed E-state index contributed by atoms with van der Waals surface area (Å²) in [6.45, 7) is 7.75. The molecule has 0 saturated heterocycles. The van der Waals surface area contributed by atoms with Gasteiger partial charge in [-0.15, -0.1) is 0 Å². The Hall–Kier alpha value is -2.66. The smallest absolute Gasteiger partial charge is 0.238 e. The maximum atomic E-state index is 12.6. The lowest BCUT2D eigenvalue weighted by Crippen LogP contribution is -2.42. The minimum atomic E-state index is -0.100. The van der Waals surface area contributed by atoms with Gasteiger partial charge in [0.05, 0.1) is 13.1 Å². The molecule has 2 aromatic rings. The number of anilines is 1. The predicted molar refractivity (Wildman–Crippen MR) is 114 cm³/mol. The van der Waals surface area contributed by atoms with Crippen molar-refractivity contribution in [2.45, 2.75) is 33.7 Å². The molecule has 0 aliphatic heterocycles. The number of hydrogen-bond acceptors (Lipinski definition) is 3. The molecule has 5 heteroatoms. The Morgan fingerprint density at radius 3 is 2.29 bits per heavy atom. The number of carbonyl (C=O) groups is 2. The predicted octanol–water partition coefficient (Wildman–Crippen LogP) is 3.61. The molecule has 1 N–H and O–H groups in total. The fourth-order valence-electron chi connectivity index (χ4n) is 3.00. The van der Waals surface area contributed by atoms with Crippen molar-refractivity contribution in [3.8, 4) is 0 Å². The van der Waals surface area contributed by atoms with Gasteiger partial charge in [0.1, 0.15) is 0 Å². The normalized spacial score (nSPS) is 10.8. The zero-order valence-corrected chi connectivity index (χ0v) is 17.4. The highest BCUT2D eigenvalue weighted by atomic mass is 16.2. The number of nitrogens with zero attached hydrogens (tertiary/aromatic N) is 2. The molecular weight excluding hydrogens is 350 g/mol. The van der Waals surface area contributed by atoms with Crippen LogP contribution in [0.1, 0.15) is 30.0 Å². The van der Waals surface area contributed by atoms with E-state index in [9.17, 15) is 9.59 Å². The number of aryl methyl sites for hydroxylation is 2. The van der Waals surface area contributed by atoms with Gasteiger partial charge in [-0.25, -0.2) is 0 Å². The van der Waals surface area contributed by atoms with Crippen LogP contribution < -0.4 is 5.32 Å². The van der Waals surface area contributed by atoms with Crippen molar-refractivity contribution in [1.82, 2.24) is 9.80 Å². The maximum absolute atomic E-state index is 12.6. The molecular formula is C23H31N3O2. The van der Waals surface area contributed by atoms with Gasteiger partial charge in [-0.1, -0.05) is 55.0 Å². The van der Waals surface area contributed by atoms with Crippen LogP contribution in [0.2, 0.25) is 0 Å². The molecule has 2 amide bonds. The van der Waals surface area contributed by atoms with E-state index in [1.54, 1.807) is 11.9 Å². The average molecular weight is 382 g/mol. The molecule has 0 fully saturated rings. The van der Waals surface area contributed by atoms with Gasteiger partial charge in [-0.05, 0) is 44.0 Å². The molecule has 0 unspecified atom stereocenters. The van der Waals surface area contributed by atoms with Crippen LogP contribution in [0.15, 0.2) is 48.5 Å². The van der Waals surface area contributed by atoms with Crippen LogP contribution in [0.3, 0.4) is 0 Å². The highest BCUT2D eigenvalue weighted by Gasteiger charge is 2.17. The molecule has 0 heterocycles. The van der Waals surface area contributed by atoms with Crippen LogP contribution in [-0.4, -0.2) is 48.3 Å². The number of nitrogens with one attached hydrogen (secondary N) is 1. The van der Waals surface area contributed by atoms with E-state index in [0.717, 1.165) is 23.2 Å². The lowest BCUT2D eigenvalue weighted by molar-refractivity contribution is -0.132. The number of amides is 2. The van der Waals surface area contributed by atoms with E-state index in [0.29, 0.717) is 13.1 Å². The first-order valence-corrected chi connectivity index (χ1v) is 9.76. The van der Waals surface area contributed by atoms with Crippen LogP contribution in [0.5, 0.6) is 0 Å². The van der Waals surface area contributed by atoms with E-state index in [1.807, 2.05) is 74.2 Å². The molecule has 0 atom stereocenters. The zero-order valence-electron chi connectivity index (χ0n) is 17.4. The number of likely N-dealkylation sites (N-methyl/N-ethyl adjacent to an activating group) is 1. The summed E-state index contributed by atoms with van der Waals surface area (Å²) >= 11 is 0. The molecule has 0 bridgehead atoms. The molecule has 28 heavy (non-hydrogen) atoms. The number of benzene rings is 2. The molecule has 150 valence electrons. The maximum Gasteiger partial charge on any atom is 0.238 e. The quantitative estimate of drug-likeness (QED) is 0.722. The second-order valence-corrected chi connectivity index (χ2v) is 7.31. The highest BCUT2D eigenvalue weighted by Crippen LogP contribution is 2.13. The third-order valence-corrected chi connectivity index (χ3v) is 4.65. The molecule has 0 aromatic heterocycles. The van der Waals surface area contributed by atoms with Crippen molar-refractivity contribution in [1.29, 1.82) is 0 Å². The molecule has 0 saturated carbocycles. The average Bonchev–Trinajstić information content (AvgIpc) is 2.65. The molecule has 2 rings (SSSR count). The van der Waals surface area contributed by atoms with E-state index in [4.69, 9.17) is 0 Å². The number of carbonyl (C=O) groups excluding carboxylic acids is 2. The van der Waals surface area contributed by atoms with Gasteiger partial charge in [-0.3, -0.25) is 14.5 Å². The third-order valence-electron chi connectivity index (χ3n) is 4.65. The molecule has 0 aliphatic carbocycles. The van der Waals surface area contributed by atoms with Crippen LogP contribution in [0.4, 0.5) is 5.69 Å². The molecule has 0 spiro atoms. The Morgan fingerprint density at radius 1 is 0.964 bits per heavy atom. The number of rotatable bonds is 9. The van der Waals surface area contributed by atoms with Crippen LogP contribution >= 0.6 is 0 Å². The van der Waals surface area contributed by atoms with E-state index in [-0.39, 0.29) is 24.9 Å². The summed E-state index contributed by atoms with van der Waals surface area (Å²) in [5, 5.41) is 2.94. The Kier molecular flexibility index (Phi) is 8.20. The first kappa shape index (κ1) is 21.6. The summed E-state index contributed by atoms with van der Waals surface area (Å²) in [5.74, 6) is -0.0885. The Morgan fingerprint density at radius 2 is 1.64 bits per heavy atom.